The lowest BCUT2D eigenvalue weighted by atomic mass is 10.2. The lowest BCUT2D eigenvalue weighted by Gasteiger charge is -2.12. The molecule has 0 saturated carbocycles. The van der Waals surface area contributed by atoms with Gasteiger partial charge in [-0.2, -0.15) is 0 Å². The molecule has 1 unspecified atom stereocenters. The summed E-state index contributed by atoms with van der Waals surface area (Å²) in [4.78, 5) is 11.8. The molecule has 0 aliphatic carbocycles. The van der Waals surface area contributed by atoms with E-state index >= 15 is 0 Å². The summed E-state index contributed by atoms with van der Waals surface area (Å²) < 4.78 is 33.0. The molecule has 1 N–H and O–H groups in total. The van der Waals surface area contributed by atoms with Gasteiger partial charge in [0, 0.05) is 22.9 Å². The van der Waals surface area contributed by atoms with Crippen LogP contribution >= 0.6 is 10.7 Å². The van der Waals surface area contributed by atoms with Gasteiger partial charge in [0.2, 0.25) is 0 Å². The molecule has 0 radical (unpaired) electrons. The monoisotopic (exact) mass is 319 g/mol. The molecule has 8 heteroatoms. The molecule has 1 aliphatic heterocycles. The van der Waals surface area contributed by atoms with Gasteiger partial charge in [-0.25, -0.2) is 8.42 Å². The van der Waals surface area contributed by atoms with Crippen molar-refractivity contribution in [1.82, 2.24) is 5.32 Å². The summed E-state index contributed by atoms with van der Waals surface area (Å²) in [6.45, 7) is 1.07. The molecule has 1 heterocycles. The second-order valence-electron chi connectivity index (χ2n) is 4.34. The van der Waals surface area contributed by atoms with Crippen molar-refractivity contribution in [3.8, 4) is 5.75 Å². The van der Waals surface area contributed by atoms with Gasteiger partial charge in [-0.05, 0) is 24.6 Å². The topological polar surface area (TPSA) is 81.7 Å². The number of amides is 1. The second kappa shape index (κ2) is 5.99. The fourth-order valence-electron chi connectivity index (χ4n) is 1.93. The van der Waals surface area contributed by atoms with Crippen molar-refractivity contribution >= 4 is 25.6 Å². The lowest BCUT2D eigenvalue weighted by molar-refractivity contribution is 0.0929. The molecule has 2 rings (SSSR count). The Bertz CT molecular complexity index is 610. The summed E-state index contributed by atoms with van der Waals surface area (Å²) in [5, 5.41) is 2.77. The van der Waals surface area contributed by atoms with E-state index in [2.05, 4.69) is 5.32 Å². The first-order valence-electron chi connectivity index (χ1n) is 5.93. The van der Waals surface area contributed by atoms with Gasteiger partial charge in [-0.1, -0.05) is 0 Å². The highest BCUT2D eigenvalue weighted by Gasteiger charge is 2.22. The van der Waals surface area contributed by atoms with Crippen molar-refractivity contribution in [2.75, 3.05) is 20.3 Å². The highest BCUT2D eigenvalue weighted by atomic mass is 35.7. The van der Waals surface area contributed by atoms with Crippen molar-refractivity contribution in [1.29, 1.82) is 0 Å². The number of ether oxygens (including phenoxy) is 2. The van der Waals surface area contributed by atoms with Crippen molar-refractivity contribution in [2.24, 2.45) is 0 Å². The van der Waals surface area contributed by atoms with Crippen molar-refractivity contribution in [2.45, 2.75) is 17.4 Å². The Morgan fingerprint density at radius 2 is 2.25 bits per heavy atom. The van der Waals surface area contributed by atoms with E-state index in [0.717, 1.165) is 6.42 Å². The van der Waals surface area contributed by atoms with Crippen LogP contribution in [0, 0.1) is 0 Å². The van der Waals surface area contributed by atoms with Crippen LogP contribution in [0.1, 0.15) is 16.8 Å². The van der Waals surface area contributed by atoms with Gasteiger partial charge in [0.25, 0.3) is 15.0 Å². The van der Waals surface area contributed by atoms with Crippen LogP contribution in [0.5, 0.6) is 5.75 Å². The van der Waals surface area contributed by atoms with E-state index in [1.807, 2.05) is 0 Å². The van der Waals surface area contributed by atoms with E-state index in [4.69, 9.17) is 20.2 Å². The first kappa shape index (κ1) is 15.1. The summed E-state index contributed by atoms with van der Waals surface area (Å²) >= 11 is 0. The van der Waals surface area contributed by atoms with Gasteiger partial charge in [0.15, 0.2) is 0 Å². The summed E-state index contributed by atoms with van der Waals surface area (Å²) in [6.07, 6.45) is 0.739. The predicted octanol–water partition coefficient (Wildman–Crippen LogP) is 1.14. The van der Waals surface area contributed by atoms with Gasteiger partial charge >= 0.3 is 0 Å². The third-order valence-corrected chi connectivity index (χ3v) is 4.30. The highest BCUT2D eigenvalue weighted by Crippen LogP contribution is 2.27. The Kier molecular flexibility index (Phi) is 4.52. The molecule has 1 fully saturated rings. The third kappa shape index (κ3) is 3.41. The molecule has 1 saturated heterocycles. The van der Waals surface area contributed by atoms with E-state index in [9.17, 15) is 13.2 Å². The van der Waals surface area contributed by atoms with Gasteiger partial charge in [0.05, 0.1) is 19.8 Å². The Balaban J connectivity index is 2.26. The number of carbonyl (C=O) groups is 1. The van der Waals surface area contributed by atoms with E-state index in [1.165, 1.54) is 25.3 Å². The number of methoxy groups -OCH3 is 1. The number of hydrogen-bond donors (Lipinski definition) is 1. The van der Waals surface area contributed by atoms with Gasteiger partial charge in [0.1, 0.15) is 10.6 Å². The van der Waals surface area contributed by atoms with E-state index in [0.29, 0.717) is 13.2 Å². The molecule has 1 aromatic carbocycles. The maximum atomic E-state index is 12.0. The molecule has 1 amide bonds. The van der Waals surface area contributed by atoms with Gasteiger partial charge in [-0.3, -0.25) is 4.79 Å². The van der Waals surface area contributed by atoms with Crippen molar-refractivity contribution < 1.29 is 22.7 Å². The Morgan fingerprint density at radius 3 is 2.80 bits per heavy atom. The van der Waals surface area contributed by atoms with E-state index in [1.54, 1.807) is 0 Å². The van der Waals surface area contributed by atoms with Gasteiger partial charge in [-0.15, -0.1) is 0 Å². The minimum atomic E-state index is -3.99. The molecule has 0 bridgehead atoms. The maximum absolute atomic E-state index is 12.0. The van der Waals surface area contributed by atoms with Crippen molar-refractivity contribution in [3.63, 3.8) is 0 Å². The van der Waals surface area contributed by atoms with Crippen molar-refractivity contribution in [3.05, 3.63) is 23.8 Å². The largest absolute Gasteiger partial charge is 0.495 e. The minimum Gasteiger partial charge on any atom is -0.495 e. The van der Waals surface area contributed by atoms with Crippen LogP contribution in [-0.4, -0.2) is 40.7 Å². The molecular formula is C12H14ClNO5S. The summed E-state index contributed by atoms with van der Waals surface area (Å²) in [6, 6.07) is 4.03. The smallest absolute Gasteiger partial charge is 0.265 e. The zero-order chi connectivity index (χ0) is 14.8. The first-order valence-corrected chi connectivity index (χ1v) is 8.24. The SMILES string of the molecule is COc1ccc(C(=O)NC2CCOC2)cc1S(=O)(=O)Cl. The van der Waals surface area contributed by atoms with Crippen LogP contribution in [0.15, 0.2) is 23.1 Å². The second-order valence-corrected chi connectivity index (χ2v) is 6.87. The standard InChI is InChI=1S/C12H14ClNO5S/c1-18-10-3-2-8(6-11(10)20(13,16)17)12(15)14-9-4-5-19-7-9/h2-3,6,9H,4-5,7H2,1H3,(H,14,15). The average molecular weight is 320 g/mol. The molecule has 1 atom stereocenters. The van der Waals surface area contributed by atoms with Crippen LogP contribution in [0.4, 0.5) is 0 Å². The number of rotatable bonds is 4. The van der Waals surface area contributed by atoms with Crippen LogP contribution in [-0.2, 0) is 13.8 Å². The van der Waals surface area contributed by atoms with Crippen LogP contribution in [0.2, 0.25) is 0 Å². The number of hydrogen-bond acceptors (Lipinski definition) is 5. The molecule has 20 heavy (non-hydrogen) atoms. The average Bonchev–Trinajstić information content (AvgIpc) is 2.89. The number of nitrogens with one attached hydrogen (secondary N) is 1. The van der Waals surface area contributed by atoms with E-state index in [-0.39, 0.29) is 28.2 Å². The highest BCUT2D eigenvalue weighted by molar-refractivity contribution is 8.13. The Morgan fingerprint density at radius 1 is 1.50 bits per heavy atom. The zero-order valence-electron chi connectivity index (χ0n) is 10.8. The molecule has 1 aliphatic rings. The molecule has 110 valence electrons. The fraction of sp³-hybridized carbons (Fsp3) is 0.417. The maximum Gasteiger partial charge on any atom is 0.265 e. The fourth-order valence-corrected chi connectivity index (χ4v) is 2.95. The number of carbonyl (C=O) groups excluding carboxylic acids is 1. The van der Waals surface area contributed by atoms with Crippen LogP contribution < -0.4 is 10.1 Å². The molecule has 0 aromatic heterocycles. The quantitative estimate of drug-likeness (QED) is 0.842. The molecule has 1 aromatic rings. The molecule has 6 nitrogen and oxygen atoms in total. The van der Waals surface area contributed by atoms with Gasteiger partial charge < -0.3 is 14.8 Å². The third-order valence-electron chi connectivity index (χ3n) is 2.95. The zero-order valence-corrected chi connectivity index (χ0v) is 12.3. The summed E-state index contributed by atoms with van der Waals surface area (Å²) in [5.41, 5.74) is 0.205. The van der Waals surface area contributed by atoms with Crippen LogP contribution in [0.3, 0.4) is 0 Å². The first-order chi connectivity index (χ1) is 9.41. The lowest BCUT2D eigenvalue weighted by Crippen LogP contribution is -2.35. The Hall–Kier alpha value is -1.31. The summed E-state index contributed by atoms with van der Waals surface area (Å²) in [5.74, 6) is -0.273. The van der Waals surface area contributed by atoms with Crippen LogP contribution in [0.25, 0.3) is 0 Å². The summed E-state index contributed by atoms with van der Waals surface area (Å²) in [7, 11) is 2.67. The number of benzene rings is 1. The Labute approximate surface area is 121 Å². The number of halogens is 1. The predicted molar refractivity (Wildman–Crippen MR) is 72.7 cm³/mol. The molecule has 0 spiro atoms. The minimum absolute atomic E-state index is 0.0549. The normalized spacial score (nSPS) is 18.8. The van der Waals surface area contributed by atoms with E-state index < -0.39 is 9.05 Å². The molecular weight excluding hydrogens is 306 g/mol.